The summed E-state index contributed by atoms with van der Waals surface area (Å²) in [5.74, 6) is 0.0308. The number of nitrogens with zero attached hydrogens (tertiary/aromatic N) is 4. The molecule has 0 aliphatic carbocycles. The van der Waals surface area contributed by atoms with E-state index < -0.39 is 0 Å². The molecule has 0 saturated carbocycles. The van der Waals surface area contributed by atoms with Crippen molar-refractivity contribution in [3.63, 3.8) is 0 Å². The molecule has 0 radical (unpaired) electrons. The second kappa shape index (κ2) is 5.65. The summed E-state index contributed by atoms with van der Waals surface area (Å²) in [5.41, 5.74) is 8.69. The van der Waals surface area contributed by atoms with E-state index in [4.69, 9.17) is 5.73 Å². The maximum atomic E-state index is 12.5. The third-order valence-corrected chi connectivity index (χ3v) is 3.73. The molecule has 1 aromatic carbocycles. The Morgan fingerprint density at radius 1 is 1.43 bits per heavy atom. The molecule has 6 heteroatoms. The van der Waals surface area contributed by atoms with Crippen LogP contribution in [0.15, 0.2) is 30.5 Å². The van der Waals surface area contributed by atoms with Gasteiger partial charge in [0.1, 0.15) is 6.54 Å². The van der Waals surface area contributed by atoms with E-state index in [0.29, 0.717) is 5.69 Å². The molecule has 0 bridgehead atoms. The van der Waals surface area contributed by atoms with Crippen molar-refractivity contribution in [1.82, 2.24) is 15.0 Å². The number of hydrogen-bond donors (Lipinski definition) is 1. The lowest BCUT2D eigenvalue weighted by Crippen LogP contribution is -2.37. The Bertz CT molecular complexity index is 649. The summed E-state index contributed by atoms with van der Waals surface area (Å²) in [6, 6.07) is 7.89. The summed E-state index contributed by atoms with van der Waals surface area (Å²) in [4.78, 5) is 14.4. The number of nitrogens with two attached hydrogens (primary N) is 1. The standard InChI is InChI=1S/C15H19N5O/c1-11(16)13-9-19(18-17-13)10-15(21)20-8-4-6-12-5-2-3-7-14(12)20/h2-3,5,7,9,11H,4,6,8,10,16H2,1H3. The van der Waals surface area contributed by atoms with Gasteiger partial charge >= 0.3 is 0 Å². The number of para-hydroxylation sites is 1. The monoisotopic (exact) mass is 285 g/mol. The average molecular weight is 285 g/mol. The number of carbonyl (C=O) groups excluding carboxylic acids is 1. The number of amides is 1. The first-order valence-electron chi connectivity index (χ1n) is 7.19. The highest BCUT2D eigenvalue weighted by Gasteiger charge is 2.22. The fraction of sp³-hybridized carbons (Fsp3) is 0.400. The zero-order valence-electron chi connectivity index (χ0n) is 12.1. The Balaban J connectivity index is 1.77. The van der Waals surface area contributed by atoms with Crippen molar-refractivity contribution in [2.75, 3.05) is 11.4 Å². The second-order valence-electron chi connectivity index (χ2n) is 5.41. The lowest BCUT2D eigenvalue weighted by Gasteiger charge is -2.29. The molecule has 1 atom stereocenters. The molecular formula is C15H19N5O. The number of rotatable bonds is 3. The molecule has 1 aliphatic rings. The molecule has 1 amide bonds. The van der Waals surface area contributed by atoms with Crippen LogP contribution in [0.5, 0.6) is 0 Å². The first kappa shape index (κ1) is 13.8. The summed E-state index contributed by atoms with van der Waals surface area (Å²) >= 11 is 0. The van der Waals surface area contributed by atoms with Gasteiger partial charge in [-0.05, 0) is 31.4 Å². The highest BCUT2D eigenvalue weighted by molar-refractivity contribution is 5.94. The molecule has 2 heterocycles. The van der Waals surface area contributed by atoms with Gasteiger partial charge in [-0.3, -0.25) is 4.79 Å². The Kier molecular flexibility index (Phi) is 3.70. The van der Waals surface area contributed by atoms with Gasteiger partial charge in [-0.15, -0.1) is 5.10 Å². The molecule has 1 aliphatic heterocycles. The smallest absolute Gasteiger partial charge is 0.248 e. The maximum Gasteiger partial charge on any atom is 0.248 e. The molecule has 2 aromatic rings. The van der Waals surface area contributed by atoms with Crippen LogP contribution in [-0.2, 0) is 17.8 Å². The Labute approximate surface area is 123 Å². The summed E-state index contributed by atoms with van der Waals surface area (Å²) in [5, 5.41) is 7.94. The van der Waals surface area contributed by atoms with Crippen LogP contribution in [0.1, 0.15) is 30.6 Å². The number of benzene rings is 1. The number of hydrogen-bond acceptors (Lipinski definition) is 4. The molecule has 3 rings (SSSR count). The third-order valence-electron chi connectivity index (χ3n) is 3.73. The van der Waals surface area contributed by atoms with Gasteiger partial charge in [0.05, 0.1) is 11.9 Å². The van der Waals surface area contributed by atoms with E-state index in [1.165, 1.54) is 5.56 Å². The summed E-state index contributed by atoms with van der Waals surface area (Å²) in [7, 11) is 0. The second-order valence-corrected chi connectivity index (χ2v) is 5.41. The number of aryl methyl sites for hydroxylation is 1. The summed E-state index contributed by atoms with van der Waals surface area (Å²) in [6.45, 7) is 2.79. The molecule has 21 heavy (non-hydrogen) atoms. The van der Waals surface area contributed by atoms with Crippen LogP contribution in [-0.4, -0.2) is 27.4 Å². The van der Waals surface area contributed by atoms with Gasteiger partial charge in [0.15, 0.2) is 0 Å². The number of carbonyl (C=O) groups is 1. The number of aromatic nitrogens is 3. The third kappa shape index (κ3) is 2.80. The predicted molar refractivity (Wildman–Crippen MR) is 79.7 cm³/mol. The van der Waals surface area contributed by atoms with Gasteiger partial charge < -0.3 is 10.6 Å². The Morgan fingerprint density at radius 2 is 2.24 bits per heavy atom. The van der Waals surface area contributed by atoms with Crippen LogP contribution in [0.2, 0.25) is 0 Å². The molecule has 0 saturated heterocycles. The normalized spacial score (nSPS) is 15.6. The van der Waals surface area contributed by atoms with Crippen molar-refractivity contribution in [3.05, 3.63) is 41.7 Å². The van der Waals surface area contributed by atoms with Gasteiger partial charge in [-0.25, -0.2) is 4.68 Å². The minimum absolute atomic E-state index is 0.0308. The fourth-order valence-electron chi connectivity index (χ4n) is 2.62. The van der Waals surface area contributed by atoms with Crippen molar-refractivity contribution in [3.8, 4) is 0 Å². The van der Waals surface area contributed by atoms with E-state index >= 15 is 0 Å². The van der Waals surface area contributed by atoms with Crippen LogP contribution in [0.4, 0.5) is 5.69 Å². The van der Waals surface area contributed by atoms with Crippen LogP contribution in [0.25, 0.3) is 0 Å². The highest BCUT2D eigenvalue weighted by atomic mass is 16.2. The van der Waals surface area contributed by atoms with Gasteiger partial charge in [0.2, 0.25) is 5.91 Å². The molecular weight excluding hydrogens is 266 g/mol. The lowest BCUT2D eigenvalue weighted by molar-refractivity contribution is -0.119. The Hall–Kier alpha value is -2.21. The fourth-order valence-corrected chi connectivity index (χ4v) is 2.62. The molecule has 0 spiro atoms. The van der Waals surface area contributed by atoms with Gasteiger partial charge in [0, 0.05) is 18.3 Å². The molecule has 1 aromatic heterocycles. The molecule has 2 N–H and O–H groups in total. The van der Waals surface area contributed by atoms with Gasteiger partial charge in [0.25, 0.3) is 0 Å². The van der Waals surface area contributed by atoms with Crippen LogP contribution in [0.3, 0.4) is 0 Å². The van der Waals surface area contributed by atoms with Crippen LogP contribution < -0.4 is 10.6 Å². The summed E-state index contributed by atoms with van der Waals surface area (Å²) < 4.78 is 1.55. The van der Waals surface area contributed by atoms with Crippen molar-refractivity contribution < 1.29 is 4.79 Å². The number of anilines is 1. The Morgan fingerprint density at radius 3 is 3.00 bits per heavy atom. The predicted octanol–water partition coefficient (Wildman–Crippen LogP) is 1.28. The average Bonchev–Trinajstić information content (AvgIpc) is 2.95. The van der Waals surface area contributed by atoms with E-state index in [9.17, 15) is 4.79 Å². The number of fused-ring (bicyclic) bond motifs is 1. The van der Waals surface area contributed by atoms with Crippen molar-refractivity contribution >= 4 is 11.6 Å². The molecule has 1 unspecified atom stereocenters. The van der Waals surface area contributed by atoms with E-state index in [1.54, 1.807) is 10.9 Å². The quantitative estimate of drug-likeness (QED) is 0.921. The van der Waals surface area contributed by atoms with Crippen LogP contribution in [0, 0.1) is 0 Å². The van der Waals surface area contributed by atoms with E-state index in [2.05, 4.69) is 16.4 Å². The minimum Gasteiger partial charge on any atom is -0.323 e. The first-order chi connectivity index (χ1) is 10.1. The van der Waals surface area contributed by atoms with E-state index in [0.717, 1.165) is 25.1 Å². The van der Waals surface area contributed by atoms with E-state index in [1.807, 2.05) is 30.0 Å². The lowest BCUT2D eigenvalue weighted by atomic mass is 10.0. The van der Waals surface area contributed by atoms with Crippen molar-refractivity contribution in [1.29, 1.82) is 0 Å². The summed E-state index contributed by atoms with van der Waals surface area (Å²) in [6.07, 6.45) is 3.75. The topological polar surface area (TPSA) is 77.0 Å². The van der Waals surface area contributed by atoms with Crippen LogP contribution >= 0.6 is 0 Å². The molecule has 0 fully saturated rings. The SMILES string of the molecule is CC(N)c1cn(CC(=O)N2CCCc3ccccc32)nn1. The van der Waals surface area contributed by atoms with E-state index in [-0.39, 0.29) is 18.5 Å². The largest absolute Gasteiger partial charge is 0.323 e. The minimum atomic E-state index is -0.176. The maximum absolute atomic E-state index is 12.5. The first-order valence-corrected chi connectivity index (χ1v) is 7.19. The zero-order chi connectivity index (χ0) is 14.8. The highest BCUT2D eigenvalue weighted by Crippen LogP contribution is 2.26. The van der Waals surface area contributed by atoms with Crippen molar-refractivity contribution in [2.24, 2.45) is 5.73 Å². The van der Waals surface area contributed by atoms with Gasteiger partial charge in [-0.1, -0.05) is 23.4 Å². The molecule has 110 valence electrons. The zero-order valence-corrected chi connectivity index (χ0v) is 12.1. The van der Waals surface area contributed by atoms with Crippen molar-refractivity contribution in [2.45, 2.75) is 32.4 Å². The molecule has 6 nitrogen and oxygen atoms in total. The van der Waals surface area contributed by atoms with Gasteiger partial charge in [-0.2, -0.15) is 0 Å².